The van der Waals surface area contributed by atoms with Gasteiger partial charge in [-0.15, -0.1) is 0 Å². The molecule has 1 amide bonds. The van der Waals surface area contributed by atoms with Crippen molar-refractivity contribution in [3.8, 4) is 0 Å². The molecule has 0 aliphatic heterocycles. The maximum atomic E-state index is 10.9. The summed E-state index contributed by atoms with van der Waals surface area (Å²) >= 11 is 12.0. The van der Waals surface area contributed by atoms with E-state index in [1.807, 2.05) is 24.3 Å². The Morgan fingerprint density at radius 2 is 2.06 bits per heavy atom. The predicted octanol–water partition coefficient (Wildman–Crippen LogP) is 3.20. The Morgan fingerprint density at radius 3 is 2.72 bits per heavy atom. The number of halogens is 2. The van der Waals surface area contributed by atoms with Gasteiger partial charge in [0, 0.05) is 18.1 Å². The first-order valence-corrected chi connectivity index (χ1v) is 6.06. The van der Waals surface area contributed by atoms with Crippen molar-refractivity contribution < 1.29 is 4.79 Å². The number of hydrogen-bond donors (Lipinski definition) is 1. The van der Waals surface area contributed by atoms with Crippen LogP contribution in [0.4, 0.5) is 5.82 Å². The van der Waals surface area contributed by atoms with Crippen molar-refractivity contribution in [2.45, 2.75) is 13.5 Å². The lowest BCUT2D eigenvalue weighted by Crippen LogP contribution is -2.08. The minimum Gasteiger partial charge on any atom is -0.308 e. The first-order chi connectivity index (χ1) is 8.56. The van der Waals surface area contributed by atoms with Crippen LogP contribution < -0.4 is 5.32 Å². The summed E-state index contributed by atoms with van der Waals surface area (Å²) in [5.41, 5.74) is 0.938. The lowest BCUT2D eigenvalue weighted by Gasteiger charge is -2.03. The molecular formula is C12H11Cl2N3O. The van der Waals surface area contributed by atoms with Crippen LogP contribution in [0.25, 0.3) is 0 Å². The molecule has 1 N–H and O–H groups in total. The number of carbonyl (C=O) groups excluding carboxylic acids is 1. The Kier molecular flexibility index (Phi) is 3.89. The highest BCUT2D eigenvalue weighted by molar-refractivity contribution is 6.33. The van der Waals surface area contributed by atoms with E-state index in [9.17, 15) is 4.79 Å². The third kappa shape index (κ3) is 3.03. The molecule has 2 aromatic rings. The molecule has 0 atom stereocenters. The van der Waals surface area contributed by atoms with Crippen LogP contribution in [0.15, 0.2) is 30.5 Å². The highest BCUT2D eigenvalue weighted by atomic mass is 35.5. The summed E-state index contributed by atoms with van der Waals surface area (Å²) in [6, 6.07) is 7.50. The molecule has 0 fully saturated rings. The van der Waals surface area contributed by atoms with Gasteiger partial charge in [-0.2, -0.15) is 5.10 Å². The molecule has 0 saturated heterocycles. The van der Waals surface area contributed by atoms with Gasteiger partial charge in [-0.3, -0.25) is 9.48 Å². The Bertz CT molecular complexity index is 580. The summed E-state index contributed by atoms with van der Waals surface area (Å²) < 4.78 is 1.63. The van der Waals surface area contributed by atoms with E-state index in [0.717, 1.165) is 5.56 Å². The fraction of sp³-hybridized carbons (Fsp3) is 0.167. The van der Waals surface area contributed by atoms with E-state index in [1.165, 1.54) is 6.92 Å². The number of nitrogens with zero attached hydrogens (tertiary/aromatic N) is 2. The van der Waals surface area contributed by atoms with E-state index >= 15 is 0 Å². The number of aromatic nitrogens is 2. The highest BCUT2D eigenvalue weighted by Crippen LogP contribution is 2.21. The number of rotatable bonds is 3. The van der Waals surface area contributed by atoms with Gasteiger partial charge < -0.3 is 5.32 Å². The third-order valence-corrected chi connectivity index (χ3v) is 2.95. The quantitative estimate of drug-likeness (QED) is 0.940. The van der Waals surface area contributed by atoms with Crippen LogP contribution in [0.5, 0.6) is 0 Å². The van der Waals surface area contributed by atoms with Crippen LogP contribution in [0.3, 0.4) is 0 Å². The number of benzene rings is 1. The first-order valence-electron chi connectivity index (χ1n) is 5.30. The molecule has 0 bridgehead atoms. The lowest BCUT2D eigenvalue weighted by molar-refractivity contribution is -0.114. The van der Waals surface area contributed by atoms with Crippen LogP contribution in [-0.4, -0.2) is 15.7 Å². The van der Waals surface area contributed by atoms with Crippen LogP contribution in [0.1, 0.15) is 12.5 Å². The van der Waals surface area contributed by atoms with Gasteiger partial charge in [-0.1, -0.05) is 41.4 Å². The van der Waals surface area contributed by atoms with Gasteiger partial charge in [0.15, 0.2) is 5.82 Å². The fourth-order valence-corrected chi connectivity index (χ4v) is 1.92. The van der Waals surface area contributed by atoms with Crippen molar-refractivity contribution in [1.29, 1.82) is 0 Å². The second kappa shape index (κ2) is 5.42. The molecule has 2 rings (SSSR count). The Balaban J connectivity index is 2.20. The van der Waals surface area contributed by atoms with Crippen molar-refractivity contribution >= 4 is 34.9 Å². The maximum absolute atomic E-state index is 10.9. The molecule has 6 heteroatoms. The van der Waals surface area contributed by atoms with E-state index in [-0.39, 0.29) is 5.91 Å². The Hall–Kier alpha value is -1.52. The monoisotopic (exact) mass is 283 g/mol. The van der Waals surface area contributed by atoms with Crippen molar-refractivity contribution in [3.63, 3.8) is 0 Å². The summed E-state index contributed by atoms with van der Waals surface area (Å²) in [4.78, 5) is 10.9. The van der Waals surface area contributed by atoms with Crippen LogP contribution in [0, 0.1) is 0 Å². The summed E-state index contributed by atoms with van der Waals surface area (Å²) in [5.74, 6) is 0.149. The average molecular weight is 284 g/mol. The van der Waals surface area contributed by atoms with Gasteiger partial charge in [-0.05, 0) is 11.6 Å². The molecule has 4 nitrogen and oxygen atoms in total. The second-order valence-corrected chi connectivity index (χ2v) is 4.61. The van der Waals surface area contributed by atoms with E-state index in [1.54, 1.807) is 10.9 Å². The van der Waals surface area contributed by atoms with E-state index < -0.39 is 0 Å². The second-order valence-electron chi connectivity index (χ2n) is 3.80. The smallest absolute Gasteiger partial charge is 0.222 e. The van der Waals surface area contributed by atoms with Crippen molar-refractivity contribution in [2.75, 3.05) is 5.32 Å². The largest absolute Gasteiger partial charge is 0.308 e. The number of amides is 1. The van der Waals surface area contributed by atoms with Crippen LogP contribution in [-0.2, 0) is 11.3 Å². The van der Waals surface area contributed by atoms with Crippen LogP contribution >= 0.6 is 23.2 Å². The van der Waals surface area contributed by atoms with Crippen molar-refractivity contribution in [2.24, 2.45) is 0 Å². The van der Waals surface area contributed by atoms with Crippen molar-refractivity contribution in [3.05, 3.63) is 46.1 Å². The number of carbonyl (C=O) groups is 1. The predicted molar refractivity (Wildman–Crippen MR) is 72.1 cm³/mol. The number of anilines is 1. The zero-order chi connectivity index (χ0) is 13.1. The topological polar surface area (TPSA) is 46.9 Å². The molecule has 0 unspecified atom stereocenters. The van der Waals surface area contributed by atoms with Crippen molar-refractivity contribution in [1.82, 2.24) is 9.78 Å². The number of nitrogens with one attached hydrogen (secondary N) is 1. The third-order valence-electron chi connectivity index (χ3n) is 2.30. The first kappa shape index (κ1) is 12.9. The summed E-state index contributed by atoms with van der Waals surface area (Å²) in [5, 5.41) is 7.81. The minimum absolute atomic E-state index is 0.208. The Labute approximate surface area is 115 Å². The molecule has 1 heterocycles. The van der Waals surface area contributed by atoms with Crippen LogP contribution in [0.2, 0.25) is 10.0 Å². The molecule has 0 aliphatic carbocycles. The summed E-state index contributed by atoms with van der Waals surface area (Å²) in [7, 11) is 0. The SMILES string of the molecule is CC(=O)Nc1nn(Cc2ccccc2Cl)cc1Cl. The standard InChI is InChI=1S/C12H11Cl2N3O/c1-8(18)15-12-11(14)7-17(16-12)6-9-4-2-3-5-10(9)13/h2-5,7H,6H2,1H3,(H,15,16,18). The van der Waals surface area contributed by atoms with Gasteiger partial charge in [0.05, 0.1) is 6.54 Å². The number of hydrogen-bond acceptors (Lipinski definition) is 2. The molecule has 1 aromatic carbocycles. The summed E-state index contributed by atoms with van der Waals surface area (Å²) in [6.07, 6.45) is 1.65. The van der Waals surface area contributed by atoms with E-state index in [4.69, 9.17) is 23.2 Å². The normalized spacial score (nSPS) is 10.4. The molecule has 94 valence electrons. The molecule has 0 saturated carbocycles. The van der Waals surface area contributed by atoms with E-state index in [0.29, 0.717) is 22.4 Å². The van der Waals surface area contributed by atoms with Gasteiger partial charge in [-0.25, -0.2) is 0 Å². The van der Waals surface area contributed by atoms with Gasteiger partial charge in [0.1, 0.15) is 5.02 Å². The molecule has 0 radical (unpaired) electrons. The molecular weight excluding hydrogens is 273 g/mol. The Morgan fingerprint density at radius 1 is 1.33 bits per heavy atom. The van der Waals surface area contributed by atoms with E-state index in [2.05, 4.69) is 10.4 Å². The fourth-order valence-electron chi connectivity index (χ4n) is 1.53. The minimum atomic E-state index is -0.208. The molecule has 1 aromatic heterocycles. The van der Waals surface area contributed by atoms with Gasteiger partial charge in [0.2, 0.25) is 5.91 Å². The maximum Gasteiger partial charge on any atom is 0.222 e. The lowest BCUT2D eigenvalue weighted by atomic mass is 10.2. The average Bonchev–Trinajstić information content (AvgIpc) is 2.62. The molecule has 18 heavy (non-hydrogen) atoms. The summed E-state index contributed by atoms with van der Waals surface area (Å²) in [6.45, 7) is 1.91. The zero-order valence-electron chi connectivity index (χ0n) is 9.65. The highest BCUT2D eigenvalue weighted by Gasteiger charge is 2.09. The molecule has 0 spiro atoms. The van der Waals surface area contributed by atoms with Gasteiger partial charge in [0.25, 0.3) is 0 Å². The zero-order valence-corrected chi connectivity index (χ0v) is 11.2. The van der Waals surface area contributed by atoms with Gasteiger partial charge >= 0.3 is 0 Å². The molecule has 0 aliphatic rings.